The molecule has 0 unspecified atom stereocenters. The molecule has 1 aromatic heterocycles. The summed E-state index contributed by atoms with van der Waals surface area (Å²) in [5.74, 6) is 2.69. The molecule has 3 aliphatic heterocycles. The molecule has 0 bridgehead atoms. The Morgan fingerprint density at radius 3 is 2.61 bits per heavy atom. The number of nitrogens with zero attached hydrogens (tertiary/aromatic N) is 3. The van der Waals surface area contributed by atoms with Gasteiger partial charge in [-0.1, -0.05) is 0 Å². The zero-order valence-corrected chi connectivity index (χ0v) is 13.5. The molecular weight excluding hydrogens is 294 g/mol. The van der Waals surface area contributed by atoms with Crippen molar-refractivity contribution in [1.82, 2.24) is 15.1 Å². The van der Waals surface area contributed by atoms with Crippen LogP contribution in [0.15, 0.2) is 4.42 Å². The first-order valence-electron chi connectivity index (χ1n) is 9.17. The predicted octanol–water partition coefficient (Wildman–Crippen LogP) is 2.28. The van der Waals surface area contributed by atoms with E-state index in [-0.39, 0.29) is 6.10 Å². The van der Waals surface area contributed by atoms with Crippen LogP contribution in [0.4, 0.5) is 0 Å². The Hall–Kier alpha value is -0.980. The first-order chi connectivity index (χ1) is 11.4. The molecule has 4 aliphatic rings. The van der Waals surface area contributed by atoms with Gasteiger partial charge in [-0.25, -0.2) is 0 Å². The van der Waals surface area contributed by atoms with Gasteiger partial charge < -0.3 is 13.9 Å². The number of hydrogen-bond donors (Lipinski definition) is 0. The molecule has 6 heteroatoms. The lowest BCUT2D eigenvalue weighted by atomic mass is 9.90. The van der Waals surface area contributed by atoms with Gasteiger partial charge in [-0.05, 0) is 51.0 Å². The maximum absolute atomic E-state index is 6.32. The van der Waals surface area contributed by atoms with E-state index in [1.54, 1.807) is 0 Å². The number of aromatic nitrogens is 2. The fourth-order valence-corrected chi connectivity index (χ4v) is 4.37. The van der Waals surface area contributed by atoms with Crippen molar-refractivity contribution in [3.63, 3.8) is 0 Å². The molecule has 3 saturated heterocycles. The Labute approximate surface area is 136 Å². The summed E-state index contributed by atoms with van der Waals surface area (Å²) in [5.41, 5.74) is 0. The highest BCUT2D eigenvalue weighted by atomic mass is 16.5. The van der Waals surface area contributed by atoms with Crippen molar-refractivity contribution in [2.75, 3.05) is 26.3 Å². The van der Waals surface area contributed by atoms with E-state index >= 15 is 0 Å². The average Bonchev–Trinajstić information content (AvgIpc) is 3.18. The van der Waals surface area contributed by atoms with E-state index in [4.69, 9.17) is 13.9 Å². The summed E-state index contributed by atoms with van der Waals surface area (Å²) in [6.07, 6.45) is 7.31. The van der Waals surface area contributed by atoms with E-state index < -0.39 is 0 Å². The second-order valence-electron chi connectivity index (χ2n) is 7.54. The third kappa shape index (κ3) is 2.81. The quantitative estimate of drug-likeness (QED) is 0.852. The van der Waals surface area contributed by atoms with Crippen molar-refractivity contribution in [2.24, 2.45) is 5.92 Å². The van der Waals surface area contributed by atoms with Gasteiger partial charge in [0, 0.05) is 31.7 Å². The van der Waals surface area contributed by atoms with Crippen LogP contribution in [-0.4, -0.2) is 53.5 Å². The highest BCUT2D eigenvalue weighted by Crippen LogP contribution is 2.43. The molecule has 3 atom stereocenters. The zero-order chi connectivity index (χ0) is 15.2. The Kier molecular flexibility index (Phi) is 3.64. The van der Waals surface area contributed by atoms with Gasteiger partial charge in [-0.3, -0.25) is 4.90 Å². The highest BCUT2D eigenvalue weighted by Gasteiger charge is 2.43. The molecule has 6 nitrogen and oxygen atoms in total. The standard InChI is InChI=1S/C17H25N3O3/c1-2-11(1)16-18-19-17(23-16)14-9-12-3-6-20(10-15(12)22-14)13-4-7-21-8-5-13/h11-15H,1-10H2/t12-,14-,15+/m1/s1. The topological polar surface area (TPSA) is 60.6 Å². The van der Waals surface area contributed by atoms with Gasteiger partial charge in [0.1, 0.15) is 6.10 Å². The summed E-state index contributed by atoms with van der Waals surface area (Å²) < 4.78 is 17.7. The van der Waals surface area contributed by atoms with Gasteiger partial charge in [-0.2, -0.15) is 0 Å². The van der Waals surface area contributed by atoms with E-state index in [0.29, 0.717) is 29.9 Å². The zero-order valence-electron chi connectivity index (χ0n) is 13.5. The predicted molar refractivity (Wildman–Crippen MR) is 82.0 cm³/mol. The van der Waals surface area contributed by atoms with Crippen LogP contribution >= 0.6 is 0 Å². The fraction of sp³-hybridized carbons (Fsp3) is 0.882. The molecule has 23 heavy (non-hydrogen) atoms. The van der Waals surface area contributed by atoms with E-state index in [2.05, 4.69) is 15.1 Å². The molecule has 5 rings (SSSR count). The summed E-state index contributed by atoms with van der Waals surface area (Å²) in [5, 5.41) is 8.46. The van der Waals surface area contributed by atoms with Crippen LogP contribution in [-0.2, 0) is 9.47 Å². The Morgan fingerprint density at radius 1 is 0.957 bits per heavy atom. The molecule has 0 aromatic carbocycles. The van der Waals surface area contributed by atoms with Crippen LogP contribution < -0.4 is 0 Å². The SMILES string of the molecule is C1CC(N2CC[C@@H]3C[C@H](c4nnc(C5CC5)o4)O[C@H]3C2)CCO1. The fourth-order valence-electron chi connectivity index (χ4n) is 4.37. The average molecular weight is 319 g/mol. The van der Waals surface area contributed by atoms with Crippen LogP contribution in [0, 0.1) is 5.92 Å². The normalized spacial score (nSPS) is 36.3. The largest absolute Gasteiger partial charge is 0.422 e. The van der Waals surface area contributed by atoms with Crippen LogP contribution in [0.2, 0.25) is 0 Å². The molecular formula is C17H25N3O3. The smallest absolute Gasteiger partial charge is 0.245 e. The first-order valence-corrected chi connectivity index (χ1v) is 9.17. The monoisotopic (exact) mass is 319 g/mol. The van der Waals surface area contributed by atoms with E-state index in [1.165, 1.54) is 25.8 Å². The minimum absolute atomic E-state index is 0.0136. The van der Waals surface area contributed by atoms with Gasteiger partial charge in [0.2, 0.25) is 11.8 Å². The lowest BCUT2D eigenvalue weighted by Crippen LogP contribution is -2.49. The Morgan fingerprint density at radius 2 is 1.78 bits per heavy atom. The maximum atomic E-state index is 6.32. The number of ether oxygens (including phenoxy) is 2. The molecule has 1 saturated carbocycles. The van der Waals surface area contributed by atoms with Crippen molar-refractivity contribution >= 4 is 0 Å². The number of hydrogen-bond acceptors (Lipinski definition) is 6. The summed E-state index contributed by atoms with van der Waals surface area (Å²) in [4.78, 5) is 2.62. The second-order valence-corrected chi connectivity index (χ2v) is 7.54. The van der Waals surface area contributed by atoms with Crippen LogP contribution in [0.5, 0.6) is 0 Å². The molecule has 4 heterocycles. The van der Waals surface area contributed by atoms with Crippen molar-refractivity contribution in [3.8, 4) is 0 Å². The second kappa shape index (κ2) is 5.83. The molecule has 4 fully saturated rings. The number of fused-ring (bicyclic) bond motifs is 1. The van der Waals surface area contributed by atoms with Crippen molar-refractivity contribution in [3.05, 3.63) is 11.8 Å². The number of likely N-dealkylation sites (tertiary alicyclic amines) is 1. The van der Waals surface area contributed by atoms with Gasteiger partial charge in [0.15, 0.2) is 0 Å². The first kappa shape index (κ1) is 14.4. The third-order valence-corrected chi connectivity index (χ3v) is 5.95. The summed E-state index contributed by atoms with van der Waals surface area (Å²) in [6.45, 7) is 4.06. The van der Waals surface area contributed by atoms with E-state index in [9.17, 15) is 0 Å². The molecule has 0 radical (unpaired) electrons. The van der Waals surface area contributed by atoms with Gasteiger partial charge in [0.25, 0.3) is 0 Å². The van der Waals surface area contributed by atoms with Gasteiger partial charge in [0.05, 0.1) is 6.10 Å². The van der Waals surface area contributed by atoms with Gasteiger partial charge in [-0.15, -0.1) is 10.2 Å². The Bertz CT molecular complexity index is 553. The lowest BCUT2D eigenvalue weighted by molar-refractivity contribution is -0.0428. The molecule has 1 aliphatic carbocycles. The molecule has 0 amide bonds. The molecule has 1 aromatic rings. The Balaban J connectivity index is 1.23. The van der Waals surface area contributed by atoms with Gasteiger partial charge >= 0.3 is 0 Å². The number of rotatable bonds is 3. The summed E-state index contributed by atoms with van der Waals surface area (Å²) in [7, 11) is 0. The van der Waals surface area contributed by atoms with Crippen molar-refractivity contribution in [1.29, 1.82) is 0 Å². The molecule has 0 N–H and O–H groups in total. The number of piperidine rings is 1. The minimum atomic E-state index is 0.0136. The van der Waals surface area contributed by atoms with Crippen molar-refractivity contribution < 1.29 is 13.9 Å². The molecule has 126 valence electrons. The summed E-state index contributed by atoms with van der Waals surface area (Å²) >= 11 is 0. The molecule has 0 spiro atoms. The van der Waals surface area contributed by atoms with E-state index in [0.717, 1.165) is 44.9 Å². The van der Waals surface area contributed by atoms with Crippen LogP contribution in [0.3, 0.4) is 0 Å². The van der Waals surface area contributed by atoms with Crippen molar-refractivity contribution in [2.45, 2.75) is 62.7 Å². The summed E-state index contributed by atoms with van der Waals surface area (Å²) in [6, 6.07) is 0.678. The highest BCUT2D eigenvalue weighted by molar-refractivity contribution is 5.03. The maximum Gasteiger partial charge on any atom is 0.245 e. The lowest BCUT2D eigenvalue weighted by Gasteiger charge is -2.40. The van der Waals surface area contributed by atoms with Crippen LogP contribution in [0.25, 0.3) is 0 Å². The third-order valence-electron chi connectivity index (χ3n) is 5.95. The minimum Gasteiger partial charge on any atom is -0.422 e. The van der Waals surface area contributed by atoms with E-state index in [1.807, 2.05) is 0 Å². The van der Waals surface area contributed by atoms with Crippen LogP contribution in [0.1, 0.15) is 62.3 Å².